The van der Waals surface area contributed by atoms with E-state index in [0.717, 1.165) is 5.56 Å². The van der Waals surface area contributed by atoms with Crippen molar-refractivity contribution in [1.82, 2.24) is 10.2 Å². The molecule has 0 aliphatic carbocycles. The summed E-state index contributed by atoms with van der Waals surface area (Å²) >= 11 is 0. The Hall–Kier alpha value is -2.89. The molecule has 4 N–H and O–H groups in total. The van der Waals surface area contributed by atoms with Crippen molar-refractivity contribution in [2.24, 2.45) is 5.73 Å². The van der Waals surface area contributed by atoms with Crippen molar-refractivity contribution in [3.63, 3.8) is 0 Å². The predicted molar refractivity (Wildman–Crippen MR) is 76.9 cm³/mol. The largest absolute Gasteiger partial charge is 0.402 e. The summed E-state index contributed by atoms with van der Waals surface area (Å²) in [5.41, 5.74) is 7.76. The fourth-order valence-electron chi connectivity index (χ4n) is 1.61. The third kappa shape index (κ3) is 3.55. The number of aromatic nitrogens is 2. The number of amides is 1. The van der Waals surface area contributed by atoms with Gasteiger partial charge in [-0.3, -0.25) is 9.59 Å². The highest BCUT2D eigenvalue weighted by Gasteiger charge is 2.02. The van der Waals surface area contributed by atoms with Gasteiger partial charge in [-0.2, -0.15) is 5.10 Å². The molecule has 0 radical (unpaired) electrons. The highest BCUT2D eigenvalue weighted by molar-refractivity contribution is 5.99. The van der Waals surface area contributed by atoms with Gasteiger partial charge in [0.05, 0.1) is 5.69 Å². The zero-order valence-electron chi connectivity index (χ0n) is 10.9. The van der Waals surface area contributed by atoms with Crippen LogP contribution in [0, 0.1) is 0 Å². The molecule has 2 aromatic rings. The summed E-state index contributed by atoms with van der Waals surface area (Å²) in [6, 6.07) is 10.1. The molecule has 0 bridgehead atoms. The monoisotopic (exact) mass is 270 g/mol. The van der Waals surface area contributed by atoms with Crippen molar-refractivity contribution < 1.29 is 4.79 Å². The van der Waals surface area contributed by atoms with E-state index in [1.165, 1.54) is 12.1 Å². The van der Waals surface area contributed by atoms with E-state index in [4.69, 9.17) is 5.73 Å². The first-order chi connectivity index (χ1) is 9.54. The standard InChI is InChI=1S/C14H14N4O2/c1-9(15)8-14(20)16-11-4-2-10(3-5-11)12-6-7-13(19)18-17-12/h2-8H,15H2,1H3,(H,16,20)(H,18,19). The summed E-state index contributed by atoms with van der Waals surface area (Å²) in [6.07, 6.45) is 1.32. The number of aromatic amines is 1. The average Bonchev–Trinajstić information content (AvgIpc) is 2.39. The molecule has 1 amide bonds. The Kier molecular flexibility index (Phi) is 3.95. The lowest BCUT2D eigenvalue weighted by Gasteiger charge is -2.04. The number of H-pyrrole nitrogens is 1. The minimum atomic E-state index is -0.278. The SMILES string of the molecule is CC(N)=CC(=O)Nc1ccc(-c2ccc(=O)[nH]n2)cc1. The molecule has 6 heteroatoms. The molecule has 0 aliphatic rings. The van der Waals surface area contributed by atoms with Gasteiger partial charge in [0.2, 0.25) is 5.91 Å². The molecule has 0 atom stereocenters. The number of nitrogens with zero attached hydrogens (tertiary/aromatic N) is 1. The van der Waals surface area contributed by atoms with Gasteiger partial charge in [0, 0.05) is 29.1 Å². The fourth-order valence-corrected chi connectivity index (χ4v) is 1.61. The Morgan fingerprint density at radius 1 is 1.25 bits per heavy atom. The number of anilines is 1. The minimum absolute atomic E-state index is 0.249. The highest BCUT2D eigenvalue weighted by atomic mass is 16.1. The maximum atomic E-state index is 11.5. The number of rotatable bonds is 3. The van der Waals surface area contributed by atoms with Crippen LogP contribution in [0.1, 0.15) is 6.92 Å². The molecule has 102 valence electrons. The predicted octanol–water partition coefficient (Wildman–Crippen LogP) is 1.24. The third-order valence-corrected chi connectivity index (χ3v) is 2.49. The fraction of sp³-hybridized carbons (Fsp3) is 0.0714. The second kappa shape index (κ2) is 5.83. The van der Waals surface area contributed by atoms with Gasteiger partial charge in [0.15, 0.2) is 0 Å². The molecular formula is C14H14N4O2. The molecule has 1 aromatic carbocycles. The lowest BCUT2D eigenvalue weighted by molar-refractivity contribution is -0.111. The second-order valence-corrected chi connectivity index (χ2v) is 4.26. The molecule has 6 nitrogen and oxygen atoms in total. The smallest absolute Gasteiger partial charge is 0.264 e. The highest BCUT2D eigenvalue weighted by Crippen LogP contribution is 2.18. The number of carbonyl (C=O) groups excluding carboxylic acids is 1. The Bertz CT molecular complexity index is 677. The van der Waals surface area contributed by atoms with Crippen LogP contribution in [0.15, 0.2) is 53.0 Å². The van der Waals surface area contributed by atoms with Crippen LogP contribution in [0.25, 0.3) is 11.3 Å². The Morgan fingerprint density at radius 3 is 2.50 bits per heavy atom. The third-order valence-electron chi connectivity index (χ3n) is 2.49. The summed E-state index contributed by atoms with van der Waals surface area (Å²) in [5.74, 6) is -0.278. The van der Waals surface area contributed by atoms with Crippen LogP contribution < -0.4 is 16.6 Å². The van der Waals surface area contributed by atoms with Gasteiger partial charge in [-0.15, -0.1) is 0 Å². The normalized spacial score (nSPS) is 11.2. The zero-order chi connectivity index (χ0) is 14.5. The van der Waals surface area contributed by atoms with Crippen molar-refractivity contribution in [3.8, 4) is 11.3 Å². The molecule has 0 fully saturated rings. The Morgan fingerprint density at radius 2 is 1.95 bits per heavy atom. The lowest BCUT2D eigenvalue weighted by atomic mass is 10.1. The van der Waals surface area contributed by atoms with E-state index in [9.17, 15) is 9.59 Å². The van der Waals surface area contributed by atoms with E-state index in [1.807, 2.05) is 0 Å². The van der Waals surface area contributed by atoms with Crippen LogP contribution in [-0.4, -0.2) is 16.1 Å². The van der Waals surface area contributed by atoms with Crippen LogP contribution in [0.5, 0.6) is 0 Å². The van der Waals surface area contributed by atoms with Crippen LogP contribution >= 0.6 is 0 Å². The molecule has 0 saturated carbocycles. The maximum absolute atomic E-state index is 11.5. The lowest BCUT2D eigenvalue weighted by Crippen LogP contribution is -2.10. The first kappa shape index (κ1) is 13.5. The van der Waals surface area contributed by atoms with Crippen LogP contribution in [-0.2, 0) is 4.79 Å². The van der Waals surface area contributed by atoms with E-state index >= 15 is 0 Å². The molecule has 2 rings (SSSR count). The Labute approximate surface area is 115 Å². The van der Waals surface area contributed by atoms with E-state index < -0.39 is 0 Å². The zero-order valence-corrected chi connectivity index (χ0v) is 10.9. The molecule has 0 saturated heterocycles. The van der Waals surface area contributed by atoms with Gasteiger partial charge in [-0.1, -0.05) is 12.1 Å². The number of nitrogens with two attached hydrogens (primary N) is 1. The van der Waals surface area contributed by atoms with E-state index in [0.29, 0.717) is 17.1 Å². The van der Waals surface area contributed by atoms with Gasteiger partial charge < -0.3 is 11.1 Å². The van der Waals surface area contributed by atoms with Crippen molar-refractivity contribution >= 4 is 11.6 Å². The van der Waals surface area contributed by atoms with Gasteiger partial charge in [0.1, 0.15) is 0 Å². The van der Waals surface area contributed by atoms with Gasteiger partial charge in [-0.25, -0.2) is 5.10 Å². The second-order valence-electron chi connectivity index (χ2n) is 4.26. The quantitative estimate of drug-likeness (QED) is 0.730. The van der Waals surface area contributed by atoms with Crippen molar-refractivity contribution in [1.29, 1.82) is 0 Å². The molecule has 0 spiro atoms. The molecule has 0 aliphatic heterocycles. The summed E-state index contributed by atoms with van der Waals surface area (Å²) in [6.45, 7) is 1.64. The van der Waals surface area contributed by atoms with E-state index in [2.05, 4.69) is 15.5 Å². The summed E-state index contributed by atoms with van der Waals surface area (Å²) < 4.78 is 0. The Balaban J connectivity index is 2.14. The van der Waals surface area contributed by atoms with E-state index in [-0.39, 0.29) is 11.5 Å². The molecule has 1 heterocycles. The number of carbonyl (C=O) groups is 1. The van der Waals surface area contributed by atoms with Crippen molar-refractivity contribution in [2.75, 3.05) is 5.32 Å². The van der Waals surface area contributed by atoms with Crippen LogP contribution in [0.4, 0.5) is 5.69 Å². The van der Waals surface area contributed by atoms with E-state index in [1.54, 1.807) is 37.3 Å². The van der Waals surface area contributed by atoms with Gasteiger partial charge in [0.25, 0.3) is 5.56 Å². The first-order valence-corrected chi connectivity index (χ1v) is 5.95. The average molecular weight is 270 g/mol. The molecule has 20 heavy (non-hydrogen) atoms. The van der Waals surface area contributed by atoms with Crippen molar-refractivity contribution in [2.45, 2.75) is 6.92 Å². The van der Waals surface area contributed by atoms with Crippen LogP contribution in [0.2, 0.25) is 0 Å². The minimum Gasteiger partial charge on any atom is -0.402 e. The van der Waals surface area contributed by atoms with Gasteiger partial charge >= 0.3 is 0 Å². The topological polar surface area (TPSA) is 101 Å². The van der Waals surface area contributed by atoms with Crippen molar-refractivity contribution in [3.05, 3.63) is 58.5 Å². The first-order valence-electron chi connectivity index (χ1n) is 5.95. The summed E-state index contributed by atoms with van der Waals surface area (Å²) in [5, 5.41) is 8.98. The number of allylic oxidation sites excluding steroid dienone is 1. The van der Waals surface area contributed by atoms with Gasteiger partial charge in [-0.05, 0) is 25.1 Å². The number of benzene rings is 1. The molecule has 1 aromatic heterocycles. The summed E-state index contributed by atoms with van der Waals surface area (Å²) in [4.78, 5) is 22.4. The molecule has 0 unspecified atom stereocenters. The number of hydrogen-bond acceptors (Lipinski definition) is 4. The molecular weight excluding hydrogens is 256 g/mol. The number of hydrogen-bond donors (Lipinski definition) is 3. The number of nitrogens with one attached hydrogen (secondary N) is 2. The van der Waals surface area contributed by atoms with Crippen LogP contribution in [0.3, 0.4) is 0 Å². The maximum Gasteiger partial charge on any atom is 0.264 e. The summed E-state index contributed by atoms with van der Waals surface area (Å²) in [7, 11) is 0.